The van der Waals surface area contributed by atoms with Crippen molar-refractivity contribution in [2.45, 2.75) is 12.3 Å². The molecule has 1 aliphatic heterocycles. The van der Waals surface area contributed by atoms with Crippen molar-refractivity contribution in [3.05, 3.63) is 34.9 Å². The molecule has 0 aliphatic carbocycles. The van der Waals surface area contributed by atoms with Crippen molar-refractivity contribution in [1.29, 1.82) is 0 Å². The lowest BCUT2D eigenvalue weighted by atomic mass is 9.99. The van der Waals surface area contributed by atoms with E-state index in [1.54, 1.807) is 0 Å². The van der Waals surface area contributed by atoms with Crippen molar-refractivity contribution < 1.29 is 4.79 Å². The summed E-state index contributed by atoms with van der Waals surface area (Å²) in [5, 5.41) is 3.54. The van der Waals surface area contributed by atoms with Gasteiger partial charge in [-0.3, -0.25) is 4.79 Å². The van der Waals surface area contributed by atoms with Crippen LogP contribution in [0.5, 0.6) is 0 Å². The molecule has 1 atom stereocenters. The predicted octanol–water partition coefficient (Wildman–Crippen LogP) is 1.94. The van der Waals surface area contributed by atoms with E-state index in [9.17, 15) is 4.79 Å². The van der Waals surface area contributed by atoms with Gasteiger partial charge in [0.25, 0.3) is 0 Å². The Morgan fingerprint density at radius 3 is 2.92 bits per heavy atom. The van der Waals surface area contributed by atoms with E-state index in [2.05, 4.69) is 5.32 Å². The van der Waals surface area contributed by atoms with Crippen LogP contribution in [0.1, 0.15) is 17.9 Å². The molecule has 1 amide bonds. The summed E-state index contributed by atoms with van der Waals surface area (Å²) in [6, 6.07) is 7.69. The van der Waals surface area contributed by atoms with Gasteiger partial charge in [-0.05, 0) is 17.7 Å². The van der Waals surface area contributed by atoms with Gasteiger partial charge in [-0.25, -0.2) is 0 Å². The van der Waals surface area contributed by atoms with E-state index in [4.69, 9.17) is 11.6 Å². The van der Waals surface area contributed by atoms with Gasteiger partial charge in [0, 0.05) is 23.9 Å². The average molecular weight is 196 g/mol. The molecule has 0 spiro atoms. The highest BCUT2D eigenvalue weighted by atomic mass is 35.5. The van der Waals surface area contributed by atoms with Gasteiger partial charge in [0.05, 0.1) is 0 Å². The Bertz CT molecular complexity index is 337. The smallest absolute Gasteiger partial charge is 0.220 e. The molecule has 0 saturated carbocycles. The normalized spacial score (nSPS) is 21.6. The highest BCUT2D eigenvalue weighted by Crippen LogP contribution is 2.24. The van der Waals surface area contributed by atoms with Crippen molar-refractivity contribution in [2.75, 3.05) is 6.54 Å². The Balaban J connectivity index is 2.21. The Kier molecular flexibility index (Phi) is 2.23. The van der Waals surface area contributed by atoms with Crippen molar-refractivity contribution >= 4 is 17.5 Å². The Morgan fingerprint density at radius 1 is 1.46 bits per heavy atom. The zero-order valence-corrected chi connectivity index (χ0v) is 7.84. The molecular formula is C10H10ClNO. The minimum absolute atomic E-state index is 0.130. The standard InChI is InChI=1S/C10H10ClNO/c11-9-3-1-2-7(4-9)8-5-10(13)12-6-8/h1-4,8H,5-6H2,(H,12,13)/t8-/m0/s1. The summed E-state index contributed by atoms with van der Waals surface area (Å²) in [5.74, 6) is 0.427. The zero-order chi connectivity index (χ0) is 9.26. The van der Waals surface area contributed by atoms with E-state index in [-0.39, 0.29) is 5.91 Å². The maximum absolute atomic E-state index is 11.0. The molecule has 13 heavy (non-hydrogen) atoms. The summed E-state index contributed by atoms with van der Waals surface area (Å²) in [6.45, 7) is 0.735. The summed E-state index contributed by atoms with van der Waals surface area (Å²) in [7, 11) is 0. The number of amides is 1. The zero-order valence-electron chi connectivity index (χ0n) is 7.09. The molecule has 2 rings (SSSR count). The third kappa shape index (κ3) is 1.83. The molecule has 1 aromatic carbocycles. The second kappa shape index (κ2) is 3.38. The van der Waals surface area contributed by atoms with Crippen molar-refractivity contribution in [3.63, 3.8) is 0 Å². The quantitative estimate of drug-likeness (QED) is 0.729. The highest BCUT2D eigenvalue weighted by Gasteiger charge is 2.22. The Morgan fingerprint density at radius 2 is 2.31 bits per heavy atom. The topological polar surface area (TPSA) is 29.1 Å². The molecule has 68 valence electrons. The van der Waals surface area contributed by atoms with Gasteiger partial charge >= 0.3 is 0 Å². The van der Waals surface area contributed by atoms with E-state index in [1.807, 2.05) is 24.3 Å². The number of nitrogens with one attached hydrogen (secondary N) is 1. The van der Waals surface area contributed by atoms with E-state index in [1.165, 1.54) is 0 Å². The molecule has 1 aliphatic rings. The summed E-state index contributed by atoms with van der Waals surface area (Å²) in [4.78, 5) is 11.0. The first-order valence-electron chi connectivity index (χ1n) is 4.28. The summed E-state index contributed by atoms with van der Waals surface area (Å²) in [6.07, 6.45) is 0.584. The van der Waals surface area contributed by atoms with Crippen molar-refractivity contribution in [3.8, 4) is 0 Å². The van der Waals surface area contributed by atoms with Crippen LogP contribution in [0.4, 0.5) is 0 Å². The monoisotopic (exact) mass is 195 g/mol. The third-order valence-electron chi connectivity index (χ3n) is 2.30. The minimum atomic E-state index is 0.130. The van der Waals surface area contributed by atoms with Crippen molar-refractivity contribution in [2.24, 2.45) is 0 Å². The van der Waals surface area contributed by atoms with Gasteiger partial charge in [-0.1, -0.05) is 23.7 Å². The summed E-state index contributed by atoms with van der Waals surface area (Å²) < 4.78 is 0. The first kappa shape index (κ1) is 8.57. The van der Waals surface area contributed by atoms with Crippen LogP contribution in [0.3, 0.4) is 0 Å². The molecule has 1 heterocycles. The molecule has 1 aromatic rings. The number of benzene rings is 1. The average Bonchev–Trinajstić information content (AvgIpc) is 2.52. The molecular weight excluding hydrogens is 186 g/mol. The second-order valence-corrected chi connectivity index (χ2v) is 3.70. The summed E-state index contributed by atoms with van der Waals surface area (Å²) >= 11 is 5.85. The Hall–Kier alpha value is -1.02. The van der Waals surface area contributed by atoms with Crippen LogP contribution in [0.2, 0.25) is 5.02 Å². The van der Waals surface area contributed by atoms with Crippen molar-refractivity contribution in [1.82, 2.24) is 5.32 Å². The van der Waals surface area contributed by atoms with Gasteiger partial charge in [-0.15, -0.1) is 0 Å². The predicted molar refractivity (Wildman–Crippen MR) is 51.8 cm³/mol. The van der Waals surface area contributed by atoms with E-state index in [0.29, 0.717) is 12.3 Å². The Labute approximate surface area is 81.9 Å². The van der Waals surface area contributed by atoms with Crippen LogP contribution < -0.4 is 5.32 Å². The van der Waals surface area contributed by atoms with Gasteiger partial charge in [0.15, 0.2) is 0 Å². The van der Waals surface area contributed by atoms with Crippen LogP contribution in [0, 0.1) is 0 Å². The van der Waals surface area contributed by atoms with Crippen LogP contribution in [0.25, 0.3) is 0 Å². The molecule has 1 N–H and O–H groups in total. The fourth-order valence-electron chi connectivity index (χ4n) is 1.60. The molecule has 0 aromatic heterocycles. The van der Waals surface area contributed by atoms with E-state index >= 15 is 0 Å². The van der Waals surface area contributed by atoms with Crippen LogP contribution >= 0.6 is 11.6 Å². The van der Waals surface area contributed by atoms with Gasteiger partial charge in [-0.2, -0.15) is 0 Å². The number of hydrogen-bond donors (Lipinski definition) is 1. The maximum Gasteiger partial charge on any atom is 0.220 e. The SMILES string of the molecule is O=C1C[C@H](c2cccc(Cl)c2)CN1. The van der Waals surface area contributed by atoms with Crippen LogP contribution in [0.15, 0.2) is 24.3 Å². The van der Waals surface area contributed by atoms with Gasteiger partial charge in [0.2, 0.25) is 5.91 Å². The fourth-order valence-corrected chi connectivity index (χ4v) is 1.80. The van der Waals surface area contributed by atoms with Crippen LogP contribution in [-0.4, -0.2) is 12.5 Å². The number of halogens is 1. The van der Waals surface area contributed by atoms with Gasteiger partial charge in [0.1, 0.15) is 0 Å². The number of hydrogen-bond acceptors (Lipinski definition) is 1. The lowest BCUT2D eigenvalue weighted by Crippen LogP contribution is -2.13. The van der Waals surface area contributed by atoms with E-state index < -0.39 is 0 Å². The first-order chi connectivity index (χ1) is 6.25. The lowest BCUT2D eigenvalue weighted by molar-refractivity contribution is -0.119. The van der Waals surface area contributed by atoms with E-state index in [0.717, 1.165) is 17.1 Å². The molecule has 1 fully saturated rings. The largest absolute Gasteiger partial charge is 0.355 e. The number of carbonyl (C=O) groups excluding carboxylic acids is 1. The molecule has 0 bridgehead atoms. The second-order valence-electron chi connectivity index (χ2n) is 3.26. The maximum atomic E-state index is 11.0. The van der Waals surface area contributed by atoms with Gasteiger partial charge < -0.3 is 5.32 Å². The molecule has 0 unspecified atom stereocenters. The fraction of sp³-hybridized carbons (Fsp3) is 0.300. The summed E-state index contributed by atoms with van der Waals surface area (Å²) in [5.41, 5.74) is 1.14. The molecule has 1 saturated heterocycles. The minimum Gasteiger partial charge on any atom is -0.355 e. The molecule has 0 radical (unpaired) electrons. The number of carbonyl (C=O) groups is 1. The third-order valence-corrected chi connectivity index (χ3v) is 2.53. The number of rotatable bonds is 1. The highest BCUT2D eigenvalue weighted by molar-refractivity contribution is 6.30. The molecule has 2 nitrogen and oxygen atoms in total. The van der Waals surface area contributed by atoms with Crippen LogP contribution in [-0.2, 0) is 4.79 Å². The first-order valence-corrected chi connectivity index (χ1v) is 4.65. The molecule has 3 heteroatoms. The lowest BCUT2D eigenvalue weighted by Gasteiger charge is -2.06.